The highest BCUT2D eigenvalue weighted by Gasteiger charge is 2.40. The summed E-state index contributed by atoms with van der Waals surface area (Å²) in [4.78, 5) is 28.4. The zero-order chi connectivity index (χ0) is 15.1. The molecule has 1 aromatic carbocycles. The molecular weight excluding hydrogens is 304 g/mol. The summed E-state index contributed by atoms with van der Waals surface area (Å²) in [6, 6.07) is 7.45. The van der Waals surface area contributed by atoms with Crippen LogP contribution in [0.15, 0.2) is 41.8 Å². The van der Waals surface area contributed by atoms with Crippen LogP contribution in [0.4, 0.5) is 5.69 Å². The maximum atomic E-state index is 12.5. The van der Waals surface area contributed by atoms with Crippen LogP contribution in [0.5, 0.6) is 0 Å². The number of likely N-dealkylation sites (N-methyl/N-ethyl adjacent to an activating group) is 1. The Labute approximate surface area is 132 Å². The number of anilines is 1. The van der Waals surface area contributed by atoms with Crippen molar-refractivity contribution in [3.05, 3.63) is 47.4 Å². The van der Waals surface area contributed by atoms with E-state index in [1.807, 2.05) is 24.3 Å². The van der Waals surface area contributed by atoms with Gasteiger partial charge in [-0.25, -0.2) is 0 Å². The molecule has 2 aliphatic rings. The molecule has 0 spiro atoms. The van der Waals surface area contributed by atoms with Gasteiger partial charge in [0.2, 0.25) is 0 Å². The van der Waals surface area contributed by atoms with Gasteiger partial charge in [0.15, 0.2) is 0 Å². The third-order valence-corrected chi connectivity index (χ3v) is 4.89. The molecule has 0 N–H and O–H groups in total. The van der Waals surface area contributed by atoms with Crippen LogP contribution in [-0.2, 0) is 9.59 Å². The average Bonchev–Trinajstić information content (AvgIpc) is 2.89. The molecule has 0 aliphatic carbocycles. The summed E-state index contributed by atoms with van der Waals surface area (Å²) in [6.45, 7) is 3.98. The van der Waals surface area contributed by atoms with E-state index < -0.39 is 0 Å². The minimum Gasteiger partial charge on any atom is -0.311 e. The van der Waals surface area contributed by atoms with E-state index in [1.54, 1.807) is 18.0 Å². The summed E-state index contributed by atoms with van der Waals surface area (Å²) in [5.74, 6) is -0.395. The number of rotatable bonds is 2. The van der Waals surface area contributed by atoms with E-state index in [4.69, 9.17) is 12.2 Å². The number of para-hydroxylation sites is 1. The van der Waals surface area contributed by atoms with Gasteiger partial charge < -0.3 is 4.90 Å². The van der Waals surface area contributed by atoms with Gasteiger partial charge in [-0.2, -0.15) is 0 Å². The Morgan fingerprint density at radius 3 is 2.71 bits per heavy atom. The molecule has 106 valence electrons. The predicted molar refractivity (Wildman–Crippen MR) is 88.9 cm³/mol. The Kier molecular flexibility index (Phi) is 3.43. The van der Waals surface area contributed by atoms with Crippen LogP contribution in [0, 0.1) is 0 Å². The van der Waals surface area contributed by atoms with E-state index in [1.165, 1.54) is 16.7 Å². The molecule has 2 aliphatic heterocycles. The fraction of sp³-hybridized carbons (Fsp3) is 0.133. The van der Waals surface area contributed by atoms with Gasteiger partial charge in [-0.05, 0) is 6.07 Å². The molecule has 4 nitrogen and oxygen atoms in total. The number of carbonyl (C=O) groups excluding carboxylic acids is 2. The molecule has 6 heteroatoms. The van der Waals surface area contributed by atoms with Crippen molar-refractivity contribution in [2.45, 2.75) is 0 Å². The topological polar surface area (TPSA) is 40.6 Å². The Hall–Kier alpha value is -1.92. The number of thiocarbonyl (C=S) groups is 1. The lowest BCUT2D eigenvalue weighted by Crippen LogP contribution is -2.28. The van der Waals surface area contributed by atoms with E-state index in [2.05, 4.69) is 6.58 Å². The minimum atomic E-state index is -0.224. The van der Waals surface area contributed by atoms with E-state index in [9.17, 15) is 9.59 Å². The largest absolute Gasteiger partial charge is 0.311 e. The number of carbonyl (C=O) groups is 2. The molecule has 0 radical (unpaired) electrons. The van der Waals surface area contributed by atoms with Crippen molar-refractivity contribution in [1.29, 1.82) is 0 Å². The number of hydrogen-bond acceptors (Lipinski definition) is 4. The molecular formula is C15H12N2O2S2. The second-order valence-corrected chi connectivity index (χ2v) is 6.30. The standard InChI is InChI=1S/C15H12N2O2S2/c1-3-8-17-14(19)12(21-15(17)20)11-9-6-4-5-7-10(9)16(2)13(11)18/h3-7H,1,8H2,2H3. The number of fused-ring (bicyclic) bond motifs is 1. The average molecular weight is 316 g/mol. The zero-order valence-corrected chi connectivity index (χ0v) is 13.0. The molecule has 2 amide bonds. The molecule has 1 saturated heterocycles. The third-order valence-electron chi connectivity index (χ3n) is 3.44. The summed E-state index contributed by atoms with van der Waals surface area (Å²) in [7, 11) is 1.71. The van der Waals surface area contributed by atoms with E-state index in [-0.39, 0.29) is 11.8 Å². The lowest BCUT2D eigenvalue weighted by molar-refractivity contribution is -0.122. The van der Waals surface area contributed by atoms with Gasteiger partial charge in [0.1, 0.15) is 4.32 Å². The Morgan fingerprint density at radius 1 is 1.29 bits per heavy atom. The quantitative estimate of drug-likeness (QED) is 0.477. The molecule has 0 atom stereocenters. The Balaban J connectivity index is 2.16. The number of nitrogens with zero attached hydrogens (tertiary/aromatic N) is 2. The first kappa shape index (κ1) is 14.0. The molecule has 2 heterocycles. The van der Waals surface area contributed by atoms with E-state index in [0.717, 1.165) is 11.3 Å². The van der Waals surface area contributed by atoms with Gasteiger partial charge in [0.05, 0.1) is 16.2 Å². The monoisotopic (exact) mass is 316 g/mol. The van der Waals surface area contributed by atoms with Crippen LogP contribution in [-0.4, -0.2) is 34.6 Å². The lowest BCUT2D eigenvalue weighted by Gasteiger charge is -2.10. The van der Waals surface area contributed by atoms with Gasteiger partial charge in [-0.3, -0.25) is 14.5 Å². The van der Waals surface area contributed by atoms with Crippen molar-refractivity contribution in [1.82, 2.24) is 4.90 Å². The number of benzene rings is 1. The minimum absolute atomic E-state index is 0.171. The fourth-order valence-electron chi connectivity index (χ4n) is 2.43. The predicted octanol–water partition coefficient (Wildman–Crippen LogP) is 2.42. The molecule has 21 heavy (non-hydrogen) atoms. The highest BCUT2D eigenvalue weighted by molar-refractivity contribution is 8.26. The van der Waals surface area contributed by atoms with Crippen molar-refractivity contribution in [2.75, 3.05) is 18.5 Å². The van der Waals surface area contributed by atoms with Gasteiger partial charge >= 0.3 is 0 Å². The van der Waals surface area contributed by atoms with Crippen LogP contribution in [0.2, 0.25) is 0 Å². The number of hydrogen-bond donors (Lipinski definition) is 0. The highest BCUT2D eigenvalue weighted by atomic mass is 32.2. The van der Waals surface area contributed by atoms with Crippen LogP contribution < -0.4 is 4.90 Å². The molecule has 0 unspecified atom stereocenters. The highest BCUT2D eigenvalue weighted by Crippen LogP contribution is 2.43. The Morgan fingerprint density at radius 2 is 2.00 bits per heavy atom. The Bertz CT molecular complexity index is 724. The second kappa shape index (κ2) is 5.13. The molecule has 3 rings (SSSR count). The molecule has 0 aromatic heterocycles. The van der Waals surface area contributed by atoms with Crippen molar-refractivity contribution in [2.24, 2.45) is 0 Å². The van der Waals surface area contributed by atoms with E-state index >= 15 is 0 Å². The zero-order valence-electron chi connectivity index (χ0n) is 11.3. The molecule has 1 aromatic rings. The van der Waals surface area contributed by atoms with E-state index in [0.29, 0.717) is 21.3 Å². The summed E-state index contributed by atoms with van der Waals surface area (Å²) >= 11 is 6.40. The number of thioether (sulfide) groups is 1. The first-order valence-corrected chi connectivity index (χ1v) is 7.55. The summed E-state index contributed by atoms with van der Waals surface area (Å²) in [5, 5.41) is 0. The van der Waals surface area contributed by atoms with Gasteiger partial charge in [0, 0.05) is 19.2 Å². The third kappa shape index (κ3) is 2.02. The molecule has 0 bridgehead atoms. The van der Waals surface area contributed by atoms with Gasteiger partial charge in [-0.1, -0.05) is 48.3 Å². The summed E-state index contributed by atoms with van der Waals surface area (Å²) < 4.78 is 0.460. The van der Waals surface area contributed by atoms with Crippen LogP contribution in [0.25, 0.3) is 5.57 Å². The van der Waals surface area contributed by atoms with Crippen molar-refractivity contribution in [3.63, 3.8) is 0 Å². The van der Waals surface area contributed by atoms with Gasteiger partial charge in [-0.15, -0.1) is 6.58 Å². The van der Waals surface area contributed by atoms with Crippen LogP contribution >= 0.6 is 24.0 Å². The normalized spacial score (nSPS) is 21.3. The SMILES string of the molecule is C=CCN1C(=O)C(=C2C(=O)N(C)c3ccccc32)SC1=S. The molecule has 0 saturated carbocycles. The number of amides is 2. The maximum absolute atomic E-state index is 12.5. The van der Waals surface area contributed by atoms with Crippen LogP contribution in [0.3, 0.4) is 0 Å². The molecule has 1 fully saturated rings. The lowest BCUT2D eigenvalue weighted by atomic mass is 10.1. The van der Waals surface area contributed by atoms with Crippen LogP contribution in [0.1, 0.15) is 5.56 Å². The van der Waals surface area contributed by atoms with Gasteiger partial charge in [0.25, 0.3) is 11.8 Å². The van der Waals surface area contributed by atoms with Crippen molar-refractivity contribution in [3.8, 4) is 0 Å². The first-order valence-electron chi connectivity index (χ1n) is 6.32. The first-order chi connectivity index (χ1) is 10.1. The summed E-state index contributed by atoms with van der Waals surface area (Å²) in [5.41, 5.74) is 2.03. The van der Waals surface area contributed by atoms with Crippen molar-refractivity contribution >= 4 is 51.4 Å². The smallest absolute Gasteiger partial charge is 0.267 e. The maximum Gasteiger partial charge on any atom is 0.267 e. The second-order valence-electron chi connectivity index (χ2n) is 4.66. The van der Waals surface area contributed by atoms with Crippen molar-refractivity contribution < 1.29 is 9.59 Å². The fourth-order valence-corrected chi connectivity index (χ4v) is 3.77. The summed E-state index contributed by atoms with van der Waals surface area (Å²) in [6.07, 6.45) is 1.62.